The molecule has 0 atom stereocenters. The van der Waals surface area contributed by atoms with Crippen LogP contribution in [0.4, 0.5) is 10.1 Å². The average molecular weight is 402 g/mol. The lowest BCUT2D eigenvalue weighted by Gasteiger charge is -2.06. The van der Waals surface area contributed by atoms with Gasteiger partial charge in [-0.1, -0.05) is 60.2 Å². The van der Waals surface area contributed by atoms with Crippen molar-refractivity contribution in [3.8, 4) is 21.0 Å². The first kappa shape index (κ1) is 19.0. The fourth-order valence-electron chi connectivity index (χ4n) is 3.00. The number of anilines is 1. The number of nitrogens with one attached hydrogen (secondary N) is 1. The first-order valence-corrected chi connectivity index (χ1v) is 10.1. The minimum absolute atomic E-state index is 0.143. The largest absolute Gasteiger partial charge is 0.326 e. The summed E-state index contributed by atoms with van der Waals surface area (Å²) in [5, 5.41) is 3.69. The summed E-state index contributed by atoms with van der Waals surface area (Å²) in [4.78, 5) is 18.4. The molecule has 1 aromatic heterocycles. The number of aryl methyl sites for hydroxylation is 1. The van der Waals surface area contributed by atoms with Gasteiger partial charge in [-0.25, -0.2) is 9.37 Å². The maximum Gasteiger partial charge on any atom is 0.230 e. The van der Waals surface area contributed by atoms with Crippen LogP contribution >= 0.6 is 11.3 Å². The van der Waals surface area contributed by atoms with Crippen molar-refractivity contribution in [2.45, 2.75) is 13.3 Å². The Morgan fingerprint density at radius 1 is 0.931 bits per heavy atom. The second-order valence-corrected chi connectivity index (χ2v) is 7.76. The van der Waals surface area contributed by atoms with Crippen molar-refractivity contribution in [3.05, 3.63) is 95.9 Å². The van der Waals surface area contributed by atoms with Gasteiger partial charge >= 0.3 is 0 Å². The van der Waals surface area contributed by atoms with Crippen LogP contribution in [0.2, 0.25) is 0 Å². The standard InChI is InChI=1S/C24H19FN2OS/c1-16-7-9-17(10-8-16)23-21(27-24(29-23)18-5-3-2-4-6-18)15-22(28)26-20-13-11-19(25)12-14-20/h2-14H,15H2,1H3,(H,26,28). The third-order valence-electron chi connectivity index (χ3n) is 4.49. The number of aromatic nitrogens is 1. The molecule has 144 valence electrons. The van der Waals surface area contributed by atoms with Crippen LogP contribution in [0.1, 0.15) is 11.3 Å². The number of hydrogen-bond acceptors (Lipinski definition) is 3. The van der Waals surface area contributed by atoms with E-state index in [4.69, 9.17) is 4.98 Å². The summed E-state index contributed by atoms with van der Waals surface area (Å²) in [5.74, 6) is -0.522. The van der Waals surface area contributed by atoms with E-state index < -0.39 is 0 Å². The molecule has 5 heteroatoms. The number of rotatable bonds is 5. The van der Waals surface area contributed by atoms with E-state index in [0.29, 0.717) is 5.69 Å². The summed E-state index contributed by atoms with van der Waals surface area (Å²) >= 11 is 1.58. The Labute approximate surface area is 172 Å². The zero-order chi connectivity index (χ0) is 20.2. The molecule has 1 heterocycles. The van der Waals surface area contributed by atoms with Gasteiger partial charge in [0.1, 0.15) is 10.8 Å². The highest BCUT2D eigenvalue weighted by Crippen LogP contribution is 2.36. The van der Waals surface area contributed by atoms with E-state index in [1.807, 2.05) is 37.3 Å². The van der Waals surface area contributed by atoms with Gasteiger partial charge in [-0.3, -0.25) is 4.79 Å². The average Bonchev–Trinajstić information content (AvgIpc) is 3.14. The van der Waals surface area contributed by atoms with Gasteiger partial charge in [0.15, 0.2) is 0 Å². The molecule has 0 fully saturated rings. The fourth-order valence-corrected chi connectivity index (χ4v) is 4.09. The highest BCUT2D eigenvalue weighted by molar-refractivity contribution is 7.18. The van der Waals surface area contributed by atoms with Crippen molar-refractivity contribution in [1.82, 2.24) is 4.98 Å². The van der Waals surface area contributed by atoms with Crippen LogP contribution in [-0.4, -0.2) is 10.9 Å². The van der Waals surface area contributed by atoms with Gasteiger partial charge in [0.25, 0.3) is 0 Å². The zero-order valence-electron chi connectivity index (χ0n) is 15.9. The van der Waals surface area contributed by atoms with E-state index in [9.17, 15) is 9.18 Å². The topological polar surface area (TPSA) is 42.0 Å². The maximum atomic E-state index is 13.1. The maximum absolute atomic E-state index is 13.1. The first-order valence-electron chi connectivity index (χ1n) is 9.26. The van der Waals surface area contributed by atoms with E-state index in [-0.39, 0.29) is 18.1 Å². The predicted octanol–water partition coefficient (Wildman–Crippen LogP) is 6.11. The molecule has 29 heavy (non-hydrogen) atoms. The summed E-state index contributed by atoms with van der Waals surface area (Å²) in [6.07, 6.45) is 0.143. The van der Waals surface area contributed by atoms with Gasteiger partial charge in [0.05, 0.1) is 17.0 Å². The number of thiazole rings is 1. The van der Waals surface area contributed by atoms with E-state index in [0.717, 1.165) is 26.7 Å². The fraction of sp³-hybridized carbons (Fsp3) is 0.0833. The van der Waals surface area contributed by atoms with E-state index in [1.165, 1.54) is 17.7 Å². The highest BCUT2D eigenvalue weighted by atomic mass is 32.1. The molecule has 0 saturated carbocycles. The lowest BCUT2D eigenvalue weighted by atomic mass is 10.1. The molecule has 1 amide bonds. The first-order chi connectivity index (χ1) is 14.1. The molecule has 4 aromatic rings. The Morgan fingerprint density at radius 2 is 1.62 bits per heavy atom. The summed E-state index contributed by atoms with van der Waals surface area (Å²) in [5.41, 5.74) is 4.54. The molecule has 0 radical (unpaired) electrons. The molecule has 0 saturated heterocycles. The monoisotopic (exact) mass is 402 g/mol. The lowest BCUT2D eigenvalue weighted by Crippen LogP contribution is -2.15. The quantitative estimate of drug-likeness (QED) is 0.438. The number of halogens is 1. The summed E-state index contributed by atoms with van der Waals surface area (Å²) < 4.78 is 13.1. The van der Waals surface area contributed by atoms with Gasteiger partial charge in [0.2, 0.25) is 5.91 Å². The van der Waals surface area contributed by atoms with Crippen molar-refractivity contribution in [3.63, 3.8) is 0 Å². The van der Waals surface area contributed by atoms with Crippen LogP contribution in [0.3, 0.4) is 0 Å². The molecule has 0 bridgehead atoms. The lowest BCUT2D eigenvalue weighted by molar-refractivity contribution is -0.115. The van der Waals surface area contributed by atoms with E-state index in [2.05, 4.69) is 29.6 Å². The molecule has 0 unspecified atom stereocenters. The van der Waals surface area contributed by atoms with Crippen LogP contribution in [0, 0.1) is 12.7 Å². The highest BCUT2D eigenvalue weighted by Gasteiger charge is 2.17. The molecule has 3 nitrogen and oxygen atoms in total. The molecular weight excluding hydrogens is 383 g/mol. The minimum Gasteiger partial charge on any atom is -0.326 e. The number of nitrogens with zero attached hydrogens (tertiary/aromatic N) is 1. The Hall–Kier alpha value is -3.31. The zero-order valence-corrected chi connectivity index (χ0v) is 16.7. The molecule has 0 spiro atoms. The van der Waals surface area contributed by atoms with Crippen molar-refractivity contribution < 1.29 is 9.18 Å². The molecule has 0 aliphatic heterocycles. The summed E-state index contributed by atoms with van der Waals surface area (Å²) in [7, 11) is 0. The minimum atomic E-state index is -0.336. The van der Waals surface area contributed by atoms with Crippen molar-refractivity contribution >= 4 is 22.9 Å². The van der Waals surface area contributed by atoms with Gasteiger partial charge in [-0.2, -0.15) is 0 Å². The molecule has 4 rings (SSSR count). The van der Waals surface area contributed by atoms with Gasteiger partial charge in [-0.15, -0.1) is 11.3 Å². The van der Waals surface area contributed by atoms with Crippen LogP contribution < -0.4 is 5.32 Å². The second-order valence-electron chi connectivity index (χ2n) is 6.76. The number of hydrogen-bond donors (Lipinski definition) is 1. The SMILES string of the molecule is Cc1ccc(-c2sc(-c3ccccc3)nc2CC(=O)Nc2ccc(F)cc2)cc1. The van der Waals surface area contributed by atoms with Crippen LogP contribution in [-0.2, 0) is 11.2 Å². The smallest absolute Gasteiger partial charge is 0.230 e. The Morgan fingerprint density at radius 3 is 2.31 bits per heavy atom. The van der Waals surface area contributed by atoms with Crippen LogP contribution in [0.5, 0.6) is 0 Å². The molecule has 0 aliphatic carbocycles. The number of amides is 1. The predicted molar refractivity (Wildman–Crippen MR) is 116 cm³/mol. The molecule has 1 N–H and O–H groups in total. The van der Waals surface area contributed by atoms with Crippen LogP contribution in [0.15, 0.2) is 78.9 Å². The number of carbonyl (C=O) groups excluding carboxylic acids is 1. The van der Waals surface area contributed by atoms with Crippen molar-refractivity contribution in [2.24, 2.45) is 0 Å². The van der Waals surface area contributed by atoms with Crippen molar-refractivity contribution in [2.75, 3.05) is 5.32 Å². The van der Waals surface area contributed by atoms with Crippen LogP contribution in [0.25, 0.3) is 21.0 Å². The summed E-state index contributed by atoms with van der Waals surface area (Å²) in [6, 6.07) is 23.9. The second kappa shape index (κ2) is 8.37. The normalized spacial score (nSPS) is 10.7. The third kappa shape index (κ3) is 4.58. The Balaban J connectivity index is 1.65. The van der Waals surface area contributed by atoms with Crippen molar-refractivity contribution in [1.29, 1.82) is 0 Å². The Kier molecular flexibility index (Phi) is 5.49. The third-order valence-corrected chi connectivity index (χ3v) is 5.68. The molecular formula is C24H19FN2OS. The summed E-state index contributed by atoms with van der Waals surface area (Å²) in [6.45, 7) is 2.04. The number of carbonyl (C=O) groups is 1. The van der Waals surface area contributed by atoms with Gasteiger partial charge in [0, 0.05) is 11.3 Å². The van der Waals surface area contributed by atoms with Gasteiger partial charge in [-0.05, 0) is 36.8 Å². The molecule has 0 aliphatic rings. The van der Waals surface area contributed by atoms with Gasteiger partial charge < -0.3 is 5.32 Å². The Bertz CT molecular complexity index is 1120. The molecule has 3 aromatic carbocycles. The van der Waals surface area contributed by atoms with E-state index >= 15 is 0 Å². The van der Waals surface area contributed by atoms with E-state index in [1.54, 1.807) is 23.5 Å². The number of benzene rings is 3.